The minimum atomic E-state index is -3.40. The van der Waals surface area contributed by atoms with Gasteiger partial charge in [0, 0.05) is 36.8 Å². The average molecular weight is 400 g/mol. The van der Waals surface area contributed by atoms with Gasteiger partial charge in [0.25, 0.3) is 0 Å². The van der Waals surface area contributed by atoms with Crippen molar-refractivity contribution in [2.45, 2.75) is 32.6 Å². The number of aromatic nitrogens is 3. The first-order chi connectivity index (χ1) is 13.5. The number of nitrogens with zero attached hydrogens (tertiary/aromatic N) is 5. The lowest BCUT2D eigenvalue weighted by Gasteiger charge is -2.13. The molecule has 0 aromatic carbocycles. The second kappa shape index (κ2) is 8.97. The van der Waals surface area contributed by atoms with Gasteiger partial charge in [-0.1, -0.05) is 32.3 Å². The summed E-state index contributed by atoms with van der Waals surface area (Å²) < 4.78 is 27.6. The second-order valence-corrected chi connectivity index (χ2v) is 8.73. The van der Waals surface area contributed by atoms with Crippen LogP contribution in [-0.4, -0.2) is 46.2 Å². The van der Waals surface area contributed by atoms with Crippen molar-refractivity contribution in [3.8, 4) is 11.1 Å². The molecule has 0 bridgehead atoms. The normalized spacial score (nSPS) is 12.1. The molecule has 0 fully saturated rings. The molecule has 0 aliphatic rings. The van der Waals surface area contributed by atoms with E-state index >= 15 is 0 Å². The Morgan fingerprint density at radius 3 is 2.75 bits per heavy atom. The van der Waals surface area contributed by atoms with Crippen molar-refractivity contribution >= 4 is 21.9 Å². The highest BCUT2D eigenvalue weighted by atomic mass is 32.2. The van der Waals surface area contributed by atoms with E-state index in [-0.39, 0.29) is 5.75 Å². The summed E-state index contributed by atoms with van der Waals surface area (Å²) in [5.41, 5.74) is 3.45. The van der Waals surface area contributed by atoms with Crippen LogP contribution in [0, 0.1) is 0 Å². The van der Waals surface area contributed by atoms with Gasteiger partial charge in [0.1, 0.15) is 5.65 Å². The molecule has 7 nitrogen and oxygen atoms in total. The van der Waals surface area contributed by atoms with Crippen LogP contribution in [0.25, 0.3) is 16.8 Å². The number of fused-ring (bicyclic) bond motifs is 1. The molecule has 0 N–H and O–H groups in total. The molecule has 3 aromatic rings. The van der Waals surface area contributed by atoms with Crippen LogP contribution in [0.2, 0.25) is 0 Å². The molecule has 0 amide bonds. The first-order valence-corrected chi connectivity index (χ1v) is 11.0. The van der Waals surface area contributed by atoms with E-state index in [1.54, 1.807) is 18.6 Å². The summed E-state index contributed by atoms with van der Waals surface area (Å²) in [4.78, 5) is 8.50. The number of hydrazone groups is 1. The van der Waals surface area contributed by atoms with Gasteiger partial charge in [-0.25, -0.2) is 13.4 Å². The van der Waals surface area contributed by atoms with Crippen LogP contribution in [0.4, 0.5) is 0 Å². The van der Waals surface area contributed by atoms with Crippen molar-refractivity contribution in [2.75, 3.05) is 12.8 Å². The van der Waals surface area contributed by atoms with Crippen LogP contribution < -0.4 is 0 Å². The van der Waals surface area contributed by atoms with E-state index in [1.807, 2.05) is 34.9 Å². The quantitative estimate of drug-likeness (QED) is 0.313. The van der Waals surface area contributed by atoms with E-state index in [2.05, 4.69) is 22.0 Å². The number of hydrogen-bond donors (Lipinski definition) is 0. The van der Waals surface area contributed by atoms with Crippen molar-refractivity contribution in [2.24, 2.45) is 5.10 Å². The lowest BCUT2D eigenvalue weighted by molar-refractivity contribution is 0.487. The van der Waals surface area contributed by atoms with Gasteiger partial charge in [-0.05, 0) is 24.6 Å². The molecule has 0 saturated heterocycles. The fraction of sp³-hybridized carbons (Fsp3) is 0.350. The molecular formula is C20H25N5O2S. The number of rotatable bonds is 9. The Balaban J connectivity index is 1.78. The first kappa shape index (κ1) is 20.0. The topological polar surface area (TPSA) is 79.9 Å². The molecule has 0 unspecified atom stereocenters. The third-order valence-corrected chi connectivity index (χ3v) is 6.24. The fourth-order valence-corrected chi connectivity index (χ4v) is 3.88. The lowest BCUT2D eigenvalue weighted by Crippen LogP contribution is -2.24. The van der Waals surface area contributed by atoms with Gasteiger partial charge in [0.15, 0.2) is 0 Å². The lowest BCUT2D eigenvalue weighted by atomic mass is 10.1. The van der Waals surface area contributed by atoms with Crippen LogP contribution in [0.1, 0.15) is 38.3 Å². The standard InChI is InChI=1S/C20H25N5O2S/c1-3-4-5-6-12-28(26,27)24(2)23-15-19-14-22-20-10-9-18(16-25(19)20)17-8-7-11-21-13-17/h7-11,13-16H,3-6,12H2,1-2H3. The fourth-order valence-electron chi connectivity index (χ4n) is 2.85. The van der Waals surface area contributed by atoms with E-state index < -0.39 is 10.0 Å². The molecule has 0 aliphatic heterocycles. The molecule has 0 saturated carbocycles. The molecule has 3 heterocycles. The summed E-state index contributed by atoms with van der Waals surface area (Å²) in [5, 5.41) is 4.14. The van der Waals surface area contributed by atoms with E-state index in [4.69, 9.17) is 0 Å². The summed E-state index contributed by atoms with van der Waals surface area (Å²) in [7, 11) is -1.93. The van der Waals surface area contributed by atoms with Gasteiger partial charge < -0.3 is 0 Å². The van der Waals surface area contributed by atoms with Crippen molar-refractivity contribution in [1.29, 1.82) is 0 Å². The largest absolute Gasteiger partial charge is 0.298 e. The van der Waals surface area contributed by atoms with E-state index in [1.165, 1.54) is 13.3 Å². The van der Waals surface area contributed by atoms with Crippen molar-refractivity contribution in [3.05, 3.63) is 54.7 Å². The summed E-state index contributed by atoms with van der Waals surface area (Å²) in [6.45, 7) is 2.10. The predicted molar refractivity (Wildman–Crippen MR) is 112 cm³/mol. The zero-order valence-electron chi connectivity index (χ0n) is 16.2. The zero-order chi connectivity index (χ0) is 20.0. The summed E-state index contributed by atoms with van der Waals surface area (Å²) >= 11 is 0. The van der Waals surface area contributed by atoms with Crippen LogP contribution in [0.15, 0.2) is 54.2 Å². The van der Waals surface area contributed by atoms with E-state index in [0.717, 1.165) is 40.5 Å². The molecule has 28 heavy (non-hydrogen) atoms. The van der Waals surface area contributed by atoms with E-state index in [9.17, 15) is 8.42 Å². The molecular weight excluding hydrogens is 374 g/mol. The van der Waals surface area contributed by atoms with Crippen LogP contribution in [0.3, 0.4) is 0 Å². The predicted octanol–water partition coefficient (Wildman–Crippen LogP) is 3.57. The maximum Gasteiger partial charge on any atom is 0.249 e. The molecule has 3 rings (SSSR count). The van der Waals surface area contributed by atoms with Gasteiger partial charge in [0.05, 0.1) is 23.9 Å². The number of hydrogen-bond acceptors (Lipinski definition) is 5. The Hall–Kier alpha value is -2.74. The Labute approximate surface area is 165 Å². The minimum absolute atomic E-state index is 0.110. The van der Waals surface area contributed by atoms with Gasteiger partial charge in [-0.15, -0.1) is 0 Å². The smallest absolute Gasteiger partial charge is 0.249 e. The average Bonchev–Trinajstić information content (AvgIpc) is 3.12. The highest BCUT2D eigenvalue weighted by Crippen LogP contribution is 2.19. The van der Waals surface area contributed by atoms with Crippen molar-refractivity contribution in [3.63, 3.8) is 0 Å². The summed E-state index contributed by atoms with van der Waals surface area (Å²) in [5.74, 6) is 0.110. The number of unbranched alkanes of at least 4 members (excludes halogenated alkanes) is 3. The highest BCUT2D eigenvalue weighted by Gasteiger charge is 2.15. The highest BCUT2D eigenvalue weighted by molar-refractivity contribution is 7.89. The number of sulfonamides is 1. The van der Waals surface area contributed by atoms with Gasteiger partial charge in [-0.2, -0.15) is 9.52 Å². The van der Waals surface area contributed by atoms with Crippen LogP contribution in [-0.2, 0) is 10.0 Å². The molecule has 148 valence electrons. The maximum absolute atomic E-state index is 12.3. The summed E-state index contributed by atoms with van der Waals surface area (Å²) in [6.07, 6.45) is 12.4. The molecule has 0 atom stereocenters. The molecule has 0 aliphatic carbocycles. The monoisotopic (exact) mass is 399 g/mol. The molecule has 3 aromatic heterocycles. The zero-order valence-corrected chi connectivity index (χ0v) is 17.0. The van der Waals surface area contributed by atoms with Crippen molar-refractivity contribution in [1.82, 2.24) is 18.8 Å². The van der Waals surface area contributed by atoms with Crippen LogP contribution >= 0.6 is 0 Å². The first-order valence-electron chi connectivity index (χ1n) is 9.39. The number of pyridine rings is 2. The Morgan fingerprint density at radius 2 is 2.00 bits per heavy atom. The third kappa shape index (κ3) is 4.75. The summed E-state index contributed by atoms with van der Waals surface area (Å²) in [6, 6.07) is 7.76. The third-order valence-electron chi connectivity index (χ3n) is 4.54. The van der Waals surface area contributed by atoms with Crippen LogP contribution in [0.5, 0.6) is 0 Å². The van der Waals surface area contributed by atoms with Gasteiger partial charge in [0.2, 0.25) is 10.0 Å². The molecule has 0 radical (unpaired) electrons. The SMILES string of the molecule is CCCCCCS(=O)(=O)N(C)N=Cc1cnc2ccc(-c3cccnc3)cn12. The number of imidazole rings is 1. The maximum atomic E-state index is 12.3. The van der Waals surface area contributed by atoms with Crippen molar-refractivity contribution < 1.29 is 8.42 Å². The van der Waals surface area contributed by atoms with Gasteiger partial charge in [-0.3, -0.25) is 9.38 Å². The minimum Gasteiger partial charge on any atom is -0.298 e. The van der Waals surface area contributed by atoms with Gasteiger partial charge >= 0.3 is 0 Å². The second-order valence-electron chi connectivity index (χ2n) is 6.63. The Kier molecular flexibility index (Phi) is 6.41. The molecule has 8 heteroatoms. The Morgan fingerprint density at radius 1 is 1.14 bits per heavy atom. The van der Waals surface area contributed by atoms with E-state index in [0.29, 0.717) is 12.1 Å². The Bertz CT molecular complexity index is 1040. The molecule has 0 spiro atoms.